The number of H-pyrrole nitrogens is 3. The molecule has 9 nitrogen and oxygen atoms in total. The highest BCUT2D eigenvalue weighted by molar-refractivity contribution is 5.95. The van der Waals surface area contributed by atoms with Gasteiger partial charge in [0.15, 0.2) is 0 Å². The average molecular weight is 693 g/mol. The van der Waals surface area contributed by atoms with Crippen molar-refractivity contribution in [1.29, 1.82) is 0 Å². The number of ether oxygens (including phenoxy) is 2. The van der Waals surface area contributed by atoms with Crippen LogP contribution in [0.2, 0.25) is 0 Å². The highest BCUT2D eigenvalue weighted by Gasteiger charge is 2.47. The molecule has 270 valence electrons. The standard InChI is InChI=1S/C42H52N4O5/c1-10-13-21(4)16-17-51-35(47)15-14-28-24(7)31-18-29-22(5)26(11-2)33(43-29)19-30-23(6)27(12-3)34(44-30)20-32-25(8)36-40(46-32)37(39(28)45-31)38(41(36)48)42(49)50-9/h11,16,18-20,24,28,38-39,43-46,48H,2,10,12-15,17H2,1,3-9H3/b21-16-,30-19-,31-18-,34-20-/t24-,28-,38+,39?/m0/s1. The van der Waals surface area contributed by atoms with Gasteiger partial charge in [0.1, 0.15) is 18.3 Å². The van der Waals surface area contributed by atoms with Gasteiger partial charge in [0.25, 0.3) is 0 Å². The molecule has 5 N–H and O–H groups in total. The van der Waals surface area contributed by atoms with Gasteiger partial charge in [-0.3, -0.25) is 9.59 Å². The molecule has 9 heteroatoms. The molecule has 1 fully saturated rings. The Bertz CT molecular complexity index is 2220. The lowest BCUT2D eigenvalue weighted by molar-refractivity contribution is -0.143. The van der Waals surface area contributed by atoms with Crippen molar-refractivity contribution >= 4 is 47.6 Å². The molecule has 0 spiro atoms. The zero-order chi connectivity index (χ0) is 36.7. The summed E-state index contributed by atoms with van der Waals surface area (Å²) in [6.45, 7) is 19.1. The summed E-state index contributed by atoms with van der Waals surface area (Å²) in [5.41, 5.74) is 11.0. The lowest BCUT2D eigenvalue weighted by Crippen LogP contribution is -2.38. The van der Waals surface area contributed by atoms with E-state index in [1.807, 2.05) is 19.1 Å². The molecule has 3 aromatic heterocycles. The second-order valence-corrected chi connectivity index (χ2v) is 14.3. The first-order valence-electron chi connectivity index (χ1n) is 18.2. The lowest BCUT2D eigenvalue weighted by Gasteiger charge is -2.26. The summed E-state index contributed by atoms with van der Waals surface area (Å²) in [6.07, 6.45) is 13.8. The van der Waals surface area contributed by atoms with Crippen LogP contribution in [0.4, 0.5) is 0 Å². The van der Waals surface area contributed by atoms with E-state index in [4.69, 9.17) is 9.47 Å². The van der Waals surface area contributed by atoms with Crippen LogP contribution in [0.15, 0.2) is 23.9 Å². The van der Waals surface area contributed by atoms with Crippen molar-refractivity contribution in [2.45, 2.75) is 86.6 Å². The molecular weight excluding hydrogens is 640 g/mol. The number of nitrogens with one attached hydrogen (secondary N) is 4. The molecule has 3 aliphatic rings. The first-order chi connectivity index (χ1) is 24.4. The molecule has 6 rings (SSSR count). The van der Waals surface area contributed by atoms with Crippen LogP contribution in [0, 0.1) is 38.5 Å². The number of carbonyl (C=O) groups excluding carboxylic acids is 2. The smallest absolute Gasteiger partial charge is 0.320 e. The maximum absolute atomic E-state index is 13.5. The van der Waals surface area contributed by atoms with Crippen LogP contribution in [0.3, 0.4) is 0 Å². The molecular formula is C42H52N4O5. The number of allylic oxidation sites excluding steroid dienone is 2. The van der Waals surface area contributed by atoms with Gasteiger partial charge in [-0.1, -0.05) is 45.4 Å². The largest absolute Gasteiger partial charge is 0.510 e. The molecule has 1 saturated heterocycles. The third-order valence-corrected chi connectivity index (χ3v) is 11.3. The van der Waals surface area contributed by atoms with Crippen molar-refractivity contribution in [2.24, 2.45) is 17.8 Å². The monoisotopic (exact) mass is 692 g/mol. The summed E-state index contributed by atoms with van der Waals surface area (Å²) >= 11 is 0. The van der Waals surface area contributed by atoms with Crippen LogP contribution in [0.25, 0.3) is 35.6 Å². The Hall–Kier alpha value is -4.92. The maximum atomic E-state index is 13.5. The van der Waals surface area contributed by atoms with Crippen molar-refractivity contribution < 1.29 is 24.2 Å². The summed E-state index contributed by atoms with van der Waals surface area (Å²) in [4.78, 5) is 37.5. The zero-order valence-electron chi connectivity index (χ0n) is 31.2. The van der Waals surface area contributed by atoms with Crippen molar-refractivity contribution in [3.05, 3.63) is 90.1 Å². The maximum Gasteiger partial charge on any atom is 0.320 e. The van der Waals surface area contributed by atoms with Crippen LogP contribution < -0.4 is 26.6 Å². The molecule has 2 aliphatic heterocycles. The number of aromatic nitrogens is 3. The number of esters is 2. The van der Waals surface area contributed by atoms with E-state index in [1.165, 1.54) is 23.8 Å². The Morgan fingerprint density at radius 2 is 1.69 bits per heavy atom. The van der Waals surface area contributed by atoms with E-state index < -0.39 is 11.9 Å². The Balaban J connectivity index is 1.56. The average Bonchev–Trinajstić information content (AvgIpc) is 3.84. The Morgan fingerprint density at radius 1 is 0.961 bits per heavy atom. The highest BCUT2D eigenvalue weighted by atomic mass is 16.5. The minimum atomic E-state index is -0.987. The second-order valence-electron chi connectivity index (χ2n) is 14.3. The number of carbonyl (C=O) groups is 2. The molecule has 51 heavy (non-hydrogen) atoms. The molecule has 0 saturated carbocycles. The summed E-state index contributed by atoms with van der Waals surface area (Å²) in [5, 5.41) is 18.9. The number of fused-ring (bicyclic) bond motifs is 8. The van der Waals surface area contributed by atoms with Gasteiger partial charge in [0.05, 0.1) is 18.5 Å². The van der Waals surface area contributed by atoms with E-state index in [9.17, 15) is 14.7 Å². The van der Waals surface area contributed by atoms with Gasteiger partial charge in [-0.2, -0.15) is 0 Å². The van der Waals surface area contributed by atoms with Crippen LogP contribution in [0.1, 0.15) is 98.3 Å². The molecule has 0 amide bonds. The Morgan fingerprint density at radius 3 is 2.37 bits per heavy atom. The number of methoxy groups -OCH3 is 1. The van der Waals surface area contributed by atoms with Crippen LogP contribution in [-0.4, -0.2) is 51.8 Å². The summed E-state index contributed by atoms with van der Waals surface area (Å²) in [5.74, 6) is -1.92. The van der Waals surface area contributed by atoms with Crippen molar-refractivity contribution in [3.63, 3.8) is 0 Å². The summed E-state index contributed by atoms with van der Waals surface area (Å²) in [6, 6.07) is -0.386. The SMILES string of the molecule is C=Cc1c2[nH]c(c1C)/C=C1\NC(C3=c4[nH]c(c(C)c4=C(O)[C@@H]3C(=O)OC)/C=c3\[nH]/c(c(C)c3CC)=C\2)[C@@H](CCC(=O)OC/C=C(/C)CCC)[C@@H]1C. The van der Waals surface area contributed by atoms with Gasteiger partial charge in [-0.05, 0) is 105 Å². The molecule has 1 aliphatic carbocycles. The quantitative estimate of drug-likeness (QED) is 0.154. The normalized spacial score (nSPS) is 23.1. The van der Waals surface area contributed by atoms with Gasteiger partial charge in [0.2, 0.25) is 0 Å². The molecule has 5 heterocycles. The Kier molecular flexibility index (Phi) is 10.1. The van der Waals surface area contributed by atoms with Crippen LogP contribution in [0.5, 0.6) is 0 Å². The molecule has 4 atom stereocenters. The van der Waals surface area contributed by atoms with Crippen LogP contribution in [-0.2, 0) is 25.5 Å². The number of rotatable bonds is 10. The van der Waals surface area contributed by atoms with E-state index in [0.717, 1.165) is 75.0 Å². The third-order valence-electron chi connectivity index (χ3n) is 11.3. The Labute approximate surface area is 299 Å². The van der Waals surface area contributed by atoms with Gasteiger partial charge in [-0.25, -0.2) is 0 Å². The minimum absolute atomic E-state index is 0.0199. The van der Waals surface area contributed by atoms with Gasteiger partial charge in [0, 0.05) is 56.6 Å². The number of hydrogen-bond acceptors (Lipinski definition) is 6. The van der Waals surface area contributed by atoms with Gasteiger partial charge in [-0.15, -0.1) is 0 Å². The summed E-state index contributed by atoms with van der Waals surface area (Å²) in [7, 11) is 1.35. The third kappa shape index (κ3) is 6.32. The lowest BCUT2D eigenvalue weighted by atomic mass is 9.80. The molecule has 0 aromatic carbocycles. The topological polar surface area (TPSA) is 132 Å². The van der Waals surface area contributed by atoms with E-state index in [1.54, 1.807) is 0 Å². The van der Waals surface area contributed by atoms with E-state index in [-0.39, 0.29) is 42.6 Å². The van der Waals surface area contributed by atoms with Crippen molar-refractivity contribution in [3.8, 4) is 0 Å². The number of hydrogen-bond donors (Lipinski definition) is 5. The van der Waals surface area contributed by atoms with Crippen LogP contribution >= 0.6 is 0 Å². The molecule has 0 radical (unpaired) electrons. The fourth-order valence-corrected chi connectivity index (χ4v) is 8.41. The van der Waals surface area contributed by atoms with E-state index in [2.05, 4.69) is 86.6 Å². The van der Waals surface area contributed by atoms with Crippen molar-refractivity contribution in [2.75, 3.05) is 13.7 Å². The molecule has 3 aromatic rings. The number of aromatic amines is 3. The second kappa shape index (κ2) is 14.4. The fraction of sp³-hybridized carbons (Fsp3) is 0.429. The van der Waals surface area contributed by atoms with Crippen molar-refractivity contribution in [1.82, 2.24) is 20.3 Å². The number of aliphatic hydroxyl groups excluding tert-OH is 1. The molecule has 1 unspecified atom stereocenters. The predicted octanol–water partition coefficient (Wildman–Crippen LogP) is 4.73. The first kappa shape index (κ1) is 35.9. The van der Waals surface area contributed by atoms with E-state index in [0.29, 0.717) is 17.0 Å². The number of aliphatic hydroxyl groups is 1. The fourth-order valence-electron chi connectivity index (χ4n) is 8.41. The minimum Gasteiger partial charge on any atom is -0.510 e. The predicted molar refractivity (Wildman–Crippen MR) is 203 cm³/mol. The zero-order valence-corrected chi connectivity index (χ0v) is 31.2. The van der Waals surface area contributed by atoms with Gasteiger partial charge < -0.3 is 34.8 Å². The van der Waals surface area contributed by atoms with Gasteiger partial charge >= 0.3 is 11.9 Å². The first-order valence-corrected chi connectivity index (χ1v) is 18.2. The summed E-state index contributed by atoms with van der Waals surface area (Å²) < 4.78 is 10.9. The molecule has 8 bridgehead atoms. The van der Waals surface area contributed by atoms with E-state index >= 15 is 0 Å². The highest BCUT2D eigenvalue weighted by Crippen LogP contribution is 2.42.